The molecule has 0 heterocycles. The number of nitrogens with one attached hydrogen (secondary N) is 2. The van der Waals surface area contributed by atoms with Gasteiger partial charge in [-0.25, -0.2) is 17.9 Å². The van der Waals surface area contributed by atoms with Crippen molar-refractivity contribution in [2.24, 2.45) is 5.92 Å². The highest BCUT2D eigenvalue weighted by molar-refractivity contribution is 7.90. The maximum atomic E-state index is 12.1. The second-order valence-electron chi connectivity index (χ2n) is 5.76. The van der Waals surface area contributed by atoms with Crippen LogP contribution in [0.3, 0.4) is 0 Å². The lowest BCUT2D eigenvalue weighted by Crippen LogP contribution is -2.47. The lowest BCUT2D eigenvalue weighted by Gasteiger charge is -2.29. The van der Waals surface area contributed by atoms with E-state index in [1.54, 1.807) is 12.1 Å². The standard InChI is InChI=1S/C15H22N2O3S/c1-11-7-9-13(10-8-11)21(19,20)17-15(18)16-14-6-4-3-5-12(14)2/h7-10,12,14H,3-6H2,1-2H3,(H2,16,17,18). The number of hydrogen-bond acceptors (Lipinski definition) is 3. The predicted molar refractivity (Wildman–Crippen MR) is 81.5 cm³/mol. The van der Waals surface area contributed by atoms with E-state index in [1.807, 2.05) is 6.92 Å². The number of rotatable bonds is 3. The molecule has 0 aliphatic heterocycles. The summed E-state index contributed by atoms with van der Waals surface area (Å²) in [6.07, 6.45) is 4.21. The van der Waals surface area contributed by atoms with Crippen LogP contribution in [0.1, 0.15) is 38.2 Å². The molecule has 21 heavy (non-hydrogen) atoms. The smallest absolute Gasteiger partial charge is 0.328 e. The second kappa shape index (κ2) is 6.47. The van der Waals surface area contributed by atoms with Crippen molar-refractivity contribution in [2.75, 3.05) is 0 Å². The molecule has 1 fully saturated rings. The van der Waals surface area contributed by atoms with Gasteiger partial charge in [-0.15, -0.1) is 0 Å². The first kappa shape index (κ1) is 15.8. The van der Waals surface area contributed by atoms with Crippen LogP contribution in [0.4, 0.5) is 4.79 Å². The van der Waals surface area contributed by atoms with Gasteiger partial charge in [0.2, 0.25) is 0 Å². The van der Waals surface area contributed by atoms with Crippen LogP contribution in [0.5, 0.6) is 0 Å². The number of aryl methyl sites for hydroxylation is 1. The average Bonchev–Trinajstić information content (AvgIpc) is 2.41. The quantitative estimate of drug-likeness (QED) is 0.901. The summed E-state index contributed by atoms with van der Waals surface area (Å²) in [4.78, 5) is 12.0. The Kier molecular flexibility index (Phi) is 4.88. The molecule has 5 nitrogen and oxygen atoms in total. The molecule has 0 bridgehead atoms. The summed E-state index contributed by atoms with van der Waals surface area (Å²) in [5.41, 5.74) is 0.967. The van der Waals surface area contributed by atoms with Crippen LogP contribution in [-0.4, -0.2) is 20.5 Å². The zero-order valence-corrected chi connectivity index (χ0v) is 13.2. The van der Waals surface area contributed by atoms with Gasteiger partial charge in [0.15, 0.2) is 0 Å². The van der Waals surface area contributed by atoms with E-state index in [0.717, 1.165) is 24.8 Å². The van der Waals surface area contributed by atoms with Crippen LogP contribution in [0.2, 0.25) is 0 Å². The molecule has 2 atom stereocenters. The molecular formula is C15H22N2O3S. The Hall–Kier alpha value is -1.56. The minimum absolute atomic E-state index is 0.0481. The fraction of sp³-hybridized carbons (Fsp3) is 0.533. The van der Waals surface area contributed by atoms with E-state index in [9.17, 15) is 13.2 Å². The van der Waals surface area contributed by atoms with Gasteiger partial charge < -0.3 is 5.32 Å². The van der Waals surface area contributed by atoms with Gasteiger partial charge in [-0.2, -0.15) is 0 Å². The zero-order chi connectivity index (χ0) is 15.5. The first-order valence-electron chi connectivity index (χ1n) is 7.28. The van der Waals surface area contributed by atoms with Crippen molar-refractivity contribution < 1.29 is 13.2 Å². The maximum Gasteiger partial charge on any atom is 0.328 e. The van der Waals surface area contributed by atoms with Gasteiger partial charge in [0.1, 0.15) is 0 Å². The van der Waals surface area contributed by atoms with Crippen LogP contribution in [0.25, 0.3) is 0 Å². The summed E-state index contributed by atoms with van der Waals surface area (Å²) in [5, 5.41) is 2.78. The molecule has 116 valence electrons. The zero-order valence-electron chi connectivity index (χ0n) is 12.4. The summed E-state index contributed by atoms with van der Waals surface area (Å²) in [6.45, 7) is 3.96. The number of sulfonamides is 1. The van der Waals surface area contributed by atoms with Crippen LogP contribution in [0, 0.1) is 12.8 Å². The molecule has 6 heteroatoms. The van der Waals surface area contributed by atoms with E-state index in [0.29, 0.717) is 5.92 Å². The Morgan fingerprint density at radius 2 is 1.76 bits per heavy atom. The molecule has 0 spiro atoms. The number of amides is 2. The van der Waals surface area contributed by atoms with E-state index >= 15 is 0 Å². The molecule has 1 saturated carbocycles. The molecule has 1 aliphatic carbocycles. The number of carbonyl (C=O) groups excluding carboxylic acids is 1. The van der Waals surface area contributed by atoms with E-state index in [1.165, 1.54) is 18.6 Å². The average molecular weight is 310 g/mol. The normalized spacial score (nSPS) is 22.6. The summed E-state index contributed by atoms with van der Waals surface area (Å²) in [5.74, 6) is 0.381. The summed E-state index contributed by atoms with van der Waals surface area (Å²) in [6, 6.07) is 5.80. The largest absolute Gasteiger partial charge is 0.334 e. The third-order valence-corrected chi connectivity index (χ3v) is 5.33. The summed E-state index contributed by atoms with van der Waals surface area (Å²) in [7, 11) is -3.81. The third-order valence-electron chi connectivity index (χ3n) is 3.99. The first-order valence-corrected chi connectivity index (χ1v) is 8.77. The van der Waals surface area contributed by atoms with Crippen LogP contribution in [-0.2, 0) is 10.0 Å². The lowest BCUT2D eigenvalue weighted by atomic mass is 9.86. The second-order valence-corrected chi connectivity index (χ2v) is 7.44. The highest BCUT2D eigenvalue weighted by Crippen LogP contribution is 2.23. The van der Waals surface area contributed by atoms with Crippen molar-refractivity contribution in [3.63, 3.8) is 0 Å². The van der Waals surface area contributed by atoms with E-state index in [2.05, 4.69) is 17.0 Å². The van der Waals surface area contributed by atoms with Gasteiger partial charge in [-0.1, -0.05) is 37.5 Å². The maximum absolute atomic E-state index is 12.1. The van der Waals surface area contributed by atoms with E-state index < -0.39 is 16.1 Å². The van der Waals surface area contributed by atoms with Gasteiger partial charge in [0, 0.05) is 6.04 Å². The minimum atomic E-state index is -3.81. The molecule has 1 aliphatic rings. The molecule has 2 N–H and O–H groups in total. The van der Waals surface area contributed by atoms with E-state index in [-0.39, 0.29) is 10.9 Å². The van der Waals surface area contributed by atoms with Crippen LogP contribution < -0.4 is 10.0 Å². The molecule has 2 unspecified atom stereocenters. The van der Waals surface area contributed by atoms with Crippen molar-refractivity contribution in [3.8, 4) is 0 Å². The Morgan fingerprint density at radius 3 is 2.38 bits per heavy atom. The fourth-order valence-electron chi connectivity index (χ4n) is 2.63. The SMILES string of the molecule is Cc1ccc(S(=O)(=O)NC(=O)NC2CCCCC2C)cc1. The van der Waals surface area contributed by atoms with Crippen molar-refractivity contribution in [3.05, 3.63) is 29.8 Å². The lowest BCUT2D eigenvalue weighted by molar-refractivity contribution is 0.226. The fourth-order valence-corrected chi connectivity index (χ4v) is 3.54. The van der Waals surface area contributed by atoms with Gasteiger partial charge in [0.05, 0.1) is 4.90 Å². The van der Waals surface area contributed by atoms with E-state index in [4.69, 9.17) is 0 Å². The molecule has 0 aromatic heterocycles. The Balaban J connectivity index is 1.99. The third kappa shape index (κ3) is 4.20. The van der Waals surface area contributed by atoms with Crippen molar-refractivity contribution >= 4 is 16.1 Å². The summed E-state index contributed by atoms with van der Waals surface area (Å²) >= 11 is 0. The van der Waals surface area contributed by atoms with Crippen molar-refractivity contribution in [1.29, 1.82) is 0 Å². The van der Waals surface area contributed by atoms with Crippen molar-refractivity contribution in [2.45, 2.75) is 50.5 Å². The number of hydrogen-bond donors (Lipinski definition) is 2. The molecule has 1 aromatic rings. The Morgan fingerprint density at radius 1 is 1.14 bits per heavy atom. The molecule has 0 saturated heterocycles. The Labute approximate surface area is 126 Å². The Bertz CT molecular complexity index is 596. The predicted octanol–water partition coefficient (Wildman–Crippen LogP) is 2.56. The first-order chi connectivity index (χ1) is 9.88. The summed E-state index contributed by atoms with van der Waals surface area (Å²) < 4.78 is 26.3. The molecule has 1 aromatic carbocycles. The minimum Gasteiger partial charge on any atom is -0.334 e. The number of benzene rings is 1. The highest BCUT2D eigenvalue weighted by atomic mass is 32.2. The van der Waals surface area contributed by atoms with Crippen LogP contribution >= 0.6 is 0 Å². The molecule has 2 amide bonds. The molecular weight excluding hydrogens is 288 g/mol. The van der Waals surface area contributed by atoms with Gasteiger partial charge in [0.25, 0.3) is 10.0 Å². The van der Waals surface area contributed by atoms with Crippen molar-refractivity contribution in [1.82, 2.24) is 10.0 Å². The van der Waals surface area contributed by atoms with Gasteiger partial charge in [-0.05, 0) is 37.8 Å². The monoisotopic (exact) mass is 310 g/mol. The topological polar surface area (TPSA) is 75.3 Å². The highest BCUT2D eigenvalue weighted by Gasteiger charge is 2.25. The van der Waals surface area contributed by atoms with Gasteiger partial charge >= 0.3 is 6.03 Å². The molecule has 2 rings (SSSR count). The van der Waals surface area contributed by atoms with Gasteiger partial charge in [-0.3, -0.25) is 0 Å². The van der Waals surface area contributed by atoms with Crippen LogP contribution in [0.15, 0.2) is 29.2 Å². The number of carbonyl (C=O) groups is 1. The molecule has 0 radical (unpaired) electrons. The number of urea groups is 1.